The summed E-state index contributed by atoms with van der Waals surface area (Å²) in [4.78, 5) is 10.4. The van der Waals surface area contributed by atoms with E-state index in [-0.39, 0.29) is 0 Å². The lowest BCUT2D eigenvalue weighted by atomic mass is 10.1. The van der Waals surface area contributed by atoms with E-state index < -0.39 is 13.4 Å². The van der Waals surface area contributed by atoms with Crippen LogP contribution in [0, 0.1) is 0 Å². The number of unbranched alkanes of at least 4 members (excludes halogenated alkanes) is 7. The van der Waals surface area contributed by atoms with Gasteiger partial charge in [-0.3, -0.25) is 0 Å². The van der Waals surface area contributed by atoms with E-state index in [4.69, 9.17) is 5.11 Å². The monoisotopic (exact) mass is 400 g/mol. The lowest BCUT2D eigenvalue weighted by Crippen LogP contribution is -2.23. The van der Waals surface area contributed by atoms with Crippen LogP contribution in [0.25, 0.3) is 0 Å². The van der Waals surface area contributed by atoms with Crippen LogP contribution in [-0.2, 0) is 0 Å². The summed E-state index contributed by atoms with van der Waals surface area (Å²) >= 11 is 0. The Morgan fingerprint density at radius 2 is 1.18 bits per heavy atom. The molecular weight excluding hydrogens is 365 g/mol. The molecular formula is C24H35NO2P+. The number of carboxylic acid groups (broad SMARTS) is 1. The van der Waals surface area contributed by atoms with Crippen LogP contribution in [0.15, 0.2) is 60.7 Å². The molecule has 0 atom stereocenters. The third-order valence-electron chi connectivity index (χ3n) is 5.46. The zero-order chi connectivity index (χ0) is 20.1. The van der Waals surface area contributed by atoms with Crippen LogP contribution in [0.2, 0.25) is 0 Å². The molecule has 2 rings (SSSR count). The van der Waals surface area contributed by atoms with Crippen molar-refractivity contribution in [3.63, 3.8) is 0 Å². The second-order valence-electron chi connectivity index (χ2n) is 7.65. The van der Waals surface area contributed by atoms with Crippen molar-refractivity contribution in [1.82, 2.24) is 5.32 Å². The normalized spacial score (nSPS) is 11.3. The zero-order valence-corrected chi connectivity index (χ0v) is 18.0. The summed E-state index contributed by atoms with van der Waals surface area (Å²) < 4.78 is 0. The lowest BCUT2D eigenvalue weighted by Gasteiger charge is -2.23. The van der Waals surface area contributed by atoms with Crippen molar-refractivity contribution in [2.24, 2.45) is 0 Å². The Kier molecular flexibility index (Phi) is 10.1. The minimum Gasteiger partial charge on any atom is -0.465 e. The first-order valence-electron chi connectivity index (χ1n) is 10.6. The molecule has 0 unspecified atom stereocenters. The molecule has 28 heavy (non-hydrogen) atoms. The Morgan fingerprint density at radius 1 is 0.750 bits per heavy atom. The van der Waals surface area contributed by atoms with Crippen molar-refractivity contribution < 1.29 is 9.90 Å². The molecule has 2 N–H and O–H groups in total. The summed E-state index contributed by atoms with van der Waals surface area (Å²) in [5.74, 6) is 0. The predicted octanol–water partition coefficient (Wildman–Crippen LogP) is 5.67. The molecule has 0 fully saturated rings. The molecule has 4 heteroatoms. The van der Waals surface area contributed by atoms with Crippen molar-refractivity contribution in [3.8, 4) is 0 Å². The van der Waals surface area contributed by atoms with Gasteiger partial charge in [0.25, 0.3) is 0 Å². The van der Waals surface area contributed by atoms with Gasteiger partial charge in [0.15, 0.2) is 0 Å². The van der Waals surface area contributed by atoms with Crippen molar-refractivity contribution in [3.05, 3.63) is 60.7 Å². The summed E-state index contributed by atoms with van der Waals surface area (Å²) in [5, 5.41) is 14.0. The van der Waals surface area contributed by atoms with E-state index in [2.05, 4.69) is 72.6 Å². The topological polar surface area (TPSA) is 49.3 Å². The highest BCUT2D eigenvalue weighted by Crippen LogP contribution is 2.53. The van der Waals surface area contributed by atoms with Gasteiger partial charge in [-0.05, 0) is 43.5 Å². The standard InChI is InChI=1S/C24H34NO2P/c1-28(22-16-10-8-11-17-22,23-18-12-9-13-19-23)21-15-7-5-3-2-4-6-14-20-25-24(26)27/h8-13,16-19,25H,2-7,14-15,20-21H2,1H3/p+1. The molecule has 0 aromatic heterocycles. The quantitative estimate of drug-likeness (QED) is 0.336. The molecule has 0 aliphatic carbocycles. The molecule has 3 nitrogen and oxygen atoms in total. The Hall–Kier alpha value is -1.86. The number of rotatable bonds is 13. The van der Waals surface area contributed by atoms with Gasteiger partial charge >= 0.3 is 6.09 Å². The number of hydrogen-bond acceptors (Lipinski definition) is 1. The highest BCUT2D eigenvalue weighted by molar-refractivity contribution is 7.88. The summed E-state index contributed by atoms with van der Waals surface area (Å²) in [6.45, 7) is 3.07. The summed E-state index contributed by atoms with van der Waals surface area (Å²) in [6, 6.07) is 22.1. The first-order chi connectivity index (χ1) is 13.6. The van der Waals surface area contributed by atoms with E-state index >= 15 is 0 Å². The Bertz CT molecular complexity index is 636. The molecule has 0 saturated heterocycles. The van der Waals surface area contributed by atoms with E-state index in [1.165, 1.54) is 55.3 Å². The number of benzene rings is 2. The summed E-state index contributed by atoms with van der Waals surface area (Å²) in [6.07, 6.45) is 10.1. The second kappa shape index (κ2) is 12.6. The maximum absolute atomic E-state index is 10.4. The highest BCUT2D eigenvalue weighted by Gasteiger charge is 2.36. The Morgan fingerprint density at radius 3 is 1.64 bits per heavy atom. The molecule has 2 aromatic carbocycles. The molecule has 152 valence electrons. The molecule has 0 aliphatic heterocycles. The zero-order valence-electron chi connectivity index (χ0n) is 17.1. The van der Waals surface area contributed by atoms with Crippen molar-refractivity contribution in [2.45, 2.75) is 51.4 Å². The Labute approximate surface area is 170 Å². The third kappa shape index (κ3) is 7.64. The van der Waals surface area contributed by atoms with Gasteiger partial charge in [-0.25, -0.2) is 4.79 Å². The van der Waals surface area contributed by atoms with Crippen molar-refractivity contribution >= 4 is 24.0 Å². The van der Waals surface area contributed by atoms with E-state index in [1.54, 1.807) is 0 Å². The number of nitrogens with one attached hydrogen (secondary N) is 1. The van der Waals surface area contributed by atoms with Gasteiger partial charge in [0, 0.05) is 6.54 Å². The fourth-order valence-corrected chi connectivity index (χ4v) is 7.06. The first-order valence-corrected chi connectivity index (χ1v) is 13.0. The fraction of sp³-hybridized carbons (Fsp3) is 0.458. The maximum atomic E-state index is 10.4. The second-order valence-corrected chi connectivity index (χ2v) is 11.5. The number of amides is 1. The molecule has 0 radical (unpaired) electrons. The Balaban J connectivity index is 1.70. The maximum Gasteiger partial charge on any atom is 0.404 e. The minimum atomic E-state index is -1.31. The van der Waals surface area contributed by atoms with E-state index in [0.717, 1.165) is 12.8 Å². The van der Waals surface area contributed by atoms with Crippen LogP contribution in [-0.4, -0.2) is 30.6 Å². The third-order valence-corrected chi connectivity index (χ3v) is 9.55. The molecule has 0 saturated carbocycles. The smallest absolute Gasteiger partial charge is 0.404 e. The van der Waals surface area contributed by atoms with Gasteiger partial charge in [0.1, 0.15) is 0 Å². The SMILES string of the molecule is C[P+](CCCCCCCCCCNC(=O)O)(c1ccccc1)c1ccccc1. The molecule has 0 bridgehead atoms. The van der Waals surface area contributed by atoms with Crippen LogP contribution in [0.5, 0.6) is 0 Å². The van der Waals surface area contributed by atoms with Crippen LogP contribution in [0.4, 0.5) is 4.79 Å². The summed E-state index contributed by atoms with van der Waals surface area (Å²) in [7, 11) is -1.31. The van der Waals surface area contributed by atoms with Crippen LogP contribution in [0.3, 0.4) is 0 Å². The van der Waals surface area contributed by atoms with Gasteiger partial charge in [-0.1, -0.05) is 68.5 Å². The van der Waals surface area contributed by atoms with Crippen LogP contribution < -0.4 is 15.9 Å². The molecule has 1 amide bonds. The fourth-order valence-electron chi connectivity index (χ4n) is 3.73. The molecule has 0 aliphatic rings. The van der Waals surface area contributed by atoms with E-state index in [1.807, 2.05) is 0 Å². The molecule has 0 spiro atoms. The number of carbonyl (C=O) groups is 1. The van der Waals surface area contributed by atoms with E-state index in [9.17, 15) is 4.79 Å². The van der Waals surface area contributed by atoms with Gasteiger partial charge in [0.05, 0.1) is 30.7 Å². The number of hydrogen-bond donors (Lipinski definition) is 2. The minimum absolute atomic E-state index is 0.580. The van der Waals surface area contributed by atoms with Crippen LogP contribution >= 0.6 is 7.26 Å². The summed E-state index contributed by atoms with van der Waals surface area (Å²) in [5.41, 5.74) is 0. The predicted molar refractivity (Wildman–Crippen MR) is 123 cm³/mol. The van der Waals surface area contributed by atoms with Crippen LogP contribution in [0.1, 0.15) is 51.4 Å². The molecule has 0 heterocycles. The van der Waals surface area contributed by atoms with Gasteiger partial charge in [0.2, 0.25) is 0 Å². The largest absolute Gasteiger partial charge is 0.465 e. The van der Waals surface area contributed by atoms with Crippen molar-refractivity contribution in [2.75, 3.05) is 19.4 Å². The molecule has 2 aromatic rings. The van der Waals surface area contributed by atoms with E-state index in [0.29, 0.717) is 6.54 Å². The van der Waals surface area contributed by atoms with Gasteiger partial charge < -0.3 is 10.4 Å². The average Bonchev–Trinajstić information content (AvgIpc) is 2.73. The van der Waals surface area contributed by atoms with Crippen molar-refractivity contribution in [1.29, 1.82) is 0 Å². The highest BCUT2D eigenvalue weighted by atomic mass is 31.2. The lowest BCUT2D eigenvalue weighted by molar-refractivity contribution is 0.194. The van der Waals surface area contributed by atoms with Gasteiger partial charge in [-0.2, -0.15) is 0 Å². The average molecular weight is 401 g/mol. The first kappa shape index (κ1) is 22.4. The van der Waals surface area contributed by atoms with Gasteiger partial charge in [-0.15, -0.1) is 0 Å².